The van der Waals surface area contributed by atoms with Crippen LogP contribution in [0.25, 0.3) is 0 Å². The average molecular weight is 747 g/mol. The number of benzene rings is 2. The van der Waals surface area contributed by atoms with Gasteiger partial charge in [-0.15, -0.1) is 0 Å². The number of ether oxygens (including phenoxy) is 4. The van der Waals surface area contributed by atoms with Gasteiger partial charge in [0, 0.05) is 25.4 Å². The zero-order valence-electron chi connectivity index (χ0n) is 33.8. The molecule has 0 radical (unpaired) electrons. The van der Waals surface area contributed by atoms with E-state index in [1.165, 1.54) is 51.4 Å². The van der Waals surface area contributed by atoms with E-state index in [0.29, 0.717) is 62.4 Å². The highest BCUT2D eigenvalue weighted by Crippen LogP contribution is 2.40. The van der Waals surface area contributed by atoms with Gasteiger partial charge in [-0.3, -0.25) is 9.59 Å². The second-order valence-electron chi connectivity index (χ2n) is 16.1. The van der Waals surface area contributed by atoms with E-state index in [0.717, 1.165) is 51.4 Å². The summed E-state index contributed by atoms with van der Waals surface area (Å²) >= 11 is 0. The Morgan fingerprint density at radius 2 is 1.28 bits per heavy atom. The molecule has 54 heavy (non-hydrogen) atoms. The number of carbonyl (C=O) groups excluding carboxylic acids is 3. The van der Waals surface area contributed by atoms with Crippen LogP contribution in [0.1, 0.15) is 167 Å². The van der Waals surface area contributed by atoms with Gasteiger partial charge in [-0.25, -0.2) is 4.79 Å². The molecule has 1 saturated carbocycles. The Morgan fingerprint density at radius 1 is 0.704 bits per heavy atom. The molecular formula is C47H70O7. The molecule has 0 N–H and O–H groups in total. The Kier molecular flexibility index (Phi) is 19.8. The van der Waals surface area contributed by atoms with Crippen molar-refractivity contribution < 1.29 is 33.3 Å². The predicted molar refractivity (Wildman–Crippen MR) is 215 cm³/mol. The minimum Gasteiger partial charge on any atom is -0.460 e. The van der Waals surface area contributed by atoms with Crippen LogP contribution in [0.3, 0.4) is 0 Å². The van der Waals surface area contributed by atoms with Crippen LogP contribution < -0.4 is 0 Å². The maximum absolute atomic E-state index is 15.1. The summed E-state index contributed by atoms with van der Waals surface area (Å²) in [5.74, 6) is -0.795. The number of hydrogen-bond donors (Lipinski definition) is 0. The number of esters is 2. The van der Waals surface area contributed by atoms with Crippen molar-refractivity contribution in [3.05, 3.63) is 71.8 Å². The lowest BCUT2D eigenvalue weighted by molar-refractivity contribution is -0.225. The maximum atomic E-state index is 15.1. The van der Waals surface area contributed by atoms with Gasteiger partial charge in [0.05, 0.1) is 12.5 Å². The first-order valence-electron chi connectivity index (χ1n) is 21.7. The van der Waals surface area contributed by atoms with Gasteiger partial charge in [0.1, 0.15) is 11.9 Å². The van der Waals surface area contributed by atoms with Crippen LogP contribution in [0.4, 0.5) is 0 Å². The largest absolute Gasteiger partial charge is 0.460 e. The van der Waals surface area contributed by atoms with Crippen molar-refractivity contribution >= 4 is 17.7 Å². The molecule has 2 aliphatic rings. The third-order valence-electron chi connectivity index (χ3n) is 11.5. The Bertz CT molecular complexity index is 1300. The van der Waals surface area contributed by atoms with Crippen molar-refractivity contribution in [3.63, 3.8) is 0 Å². The molecule has 1 heterocycles. The van der Waals surface area contributed by atoms with Crippen molar-refractivity contribution in [1.29, 1.82) is 0 Å². The van der Waals surface area contributed by atoms with Crippen LogP contribution in [-0.4, -0.2) is 43.3 Å². The maximum Gasteiger partial charge on any atom is 0.348 e. The number of unbranched alkanes of at least 4 members (excludes halogenated alkanes) is 12. The molecule has 2 fully saturated rings. The summed E-state index contributed by atoms with van der Waals surface area (Å²) in [4.78, 5) is 42.0. The van der Waals surface area contributed by atoms with Crippen molar-refractivity contribution in [3.8, 4) is 0 Å². The summed E-state index contributed by atoms with van der Waals surface area (Å²) in [6.07, 6.45) is 19.4. The van der Waals surface area contributed by atoms with Gasteiger partial charge in [-0.05, 0) is 62.0 Å². The molecule has 7 nitrogen and oxygen atoms in total. The number of carbonyl (C=O) groups is 3. The number of Topliss-reactive ketones (excluding diaryl/α,β-unsaturated/α-hetero) is 1. The first-order chi connectivity index (χ1) is 26.4. The number of rotatable bonds is 25. The standard InChI is InChI=1S/C47H70O7/c1-4-6-8-9-10-11-12-13-14-15-23-29-44(53-45(49)39-32-33-51-36-39)54-47(40-24-19-16-20-25-40,41-26-21-17-22-27-41)46(50)52-42-34-37(3)30-31-38(35-42)43(48)28-18-7-5-2/h16-17,19-22,24-27,37-39,42,44H,4-15,18,23,28-36H2,1-3H3. The van der Waals surface area contributed by atoms with Crippen LogP contribution in [-0.2, 0) is 38.9 Å². The summed E-state index contributed by atoms with van der Waals surface area (Å²) in [5.41, 5.74) is -0.480. The molecule has 5 unspecified atom stereocenters. The molecular weight excluding hydrogens is 677 g/mol. The highest BCUT2D eigenvalue weighted by molar-refractivity contribution is 5.86. The summed E-state index contributed by atoms with van der Waals surface area (Å²) in [5, 5.41) is 0. The molecule has 5 atom stereocenters. The number of ketones is 1. The van der Waals surface area contributed by atoms with E-state index in [4.69, 9.17) is 18.9 Å². The fraction of sp³-hybridized carbons (Fsp3) is 0.681. The third kappa shape index (κ3) is 13.9. The molecule has 1 aliphatic heterocycles. The molecule has 0 spiro atoms. The van der Waals surface area contributed by atoms with Crippen LogP contribution in [0.5, 0.6) is 0 Å². The zero-order chi connectivity index (χ0) is 38.4. The lowest BCUT2D eigenvalue weighted by atomic mass is 9.85. The lowest BCUT2D eigenvalue weighted by Crippen LogP contribution is -2.47. The predicted octanol–water partition coefficient (Wildman–Crippen LogP) is 11.4. The van der Waals surface area contributed by atoms with Crippen molar-refractivity contribution in [2.45, 2.75) is 174 Å². The van der Waals surface area contributed by atoms with Gasteiger partial charge in [0.2, 0.25) is 11.9 Å². The van der Waals surface area contributed by atoms with Crippen LogP contribution in [0, 0.1) is 17.8 Å². The van der Waals surface area contributed by atoms with E-state index in [-0.39, 0.29) is 23.6 Å². The smallest absolute Gasteiger partial charge is 0.348 e. The van der Waals surface area contributed by atoms with Gasteiger partial charge in [-0.2, -0.15) is 0 Å². The Hall–Kier alpha value is -3.03. The molecule has 2 aromatic carbocycles. The second kappa shape index (κ2) is 24.5. The van der Waals surface area contributed by atoms with Gasteiger partial charge in [0.25, 0.3) is 0 Å². The van der Waals surface area contributed by atoms with E-state index in [2.05, 4.69) is 20.8 Å². The van der Waals surface area contributed by atoms with Gasteiger partial charge in [0.15, 0.2) is 0 Å². The molecule has 0 aromatic heterocycles. The Balaban J connectivity index is 1.57. The van der Waals surface area contributed by atoms with Gasteiger partial charge in [-0.1, -0.05) is 158 Å². The third-order valence-corrected chi connectivity index (χ3v) is 11.5. The summed E-state index contributed by atoms with van der Waals surface area (Å²) in [7, 11) is 0. The highest BCUT2D eigenvalue weighted by Gasteiger charge is 2.49. The van der Waals surface area contributed by atoms with E-state index >= 15 is 4.79 Å². The fourth-order valence-electron chi connectivity index (χ4n) is 8.15. The SMILES string of the molecule is CCCCCCCCCCCCCC(OC(=O)C1CCOC1)OC(C(=O)OC1CC(C)CCC(C(=O)CCCCC)C1)(c1ccccc1)c1ccccc1. The summed E-state index contributed by atoms with van der Waals surface area (Å²) in [6, 6.07) is 18.9. The monoisotopic (exact) mass is 747 g/mol. The molecule has 0 bridgehead atoms. The van der Waals surface area contributed by atoms with Crippen LogP contribution in [0.15, 0.2) is 60.7 Å². The first-order valence-corrected chi connectivity index (χ1v) is 21.7. The normalized spacial score (nSPS) is 20.9. The minimum atomic E-state index is -1.70. The Labute approximate surface area is 326 Å². The molecule has 0 amide bonds. The molecule has 4 rings (SSSR count). The van der Waals surface area contributed by atoms with E-state index < -0.39 is 24.0 Å². The molecule has 300 valence electrons. The molecule has 7 heteroatoms. The van der Waals surface area contributed by atoms with Gasteiger partial charge < -0.3 is 18.9 Å². The highest BCUT2D eigenvalue weighted by atomic mass is 16.7. The van der Waals surface area contributed by atoms with E-state index in [1.807, 2.05) is 60.7 Å². The quantitative estimate of drug-likeness (QED) is 0.0432. The average Bonchev–Trinajstić information content (AvgIpc) is 3.67. The van der Waals surface area contributed by atoms with Crippen molar-refractivity contribution in [2.75, 3.05) is 13.2 Å². The molecule has 2 aromatic rings. The lowest BCUT2D eigenvalue weighted by Gasteiger charge is -2.37. The molecule has 1 aliphatic carbocycles. The van der Waals surface area contributed by atoms with Gasteiger partial charge >= 0.3 is 11.9 Å². The first kappa shape index (κ1) is 43.7. The number of hydrogen-bond acceptors (Lipinski definition) is 7. The summed E-state index contributed by atoms with van der Waals surface area (Å²) in [6.45, 7) is 7.43. The van der Waals surface area contributed by atoms with E-state index in [9.17, 15) is 9.59 Å². The van der Waals surface area contributed by atoms with Crippen molar-refractivity contribution in [1.82, 2.24) is 0 Å². The zero-order valence-corrected chi connectivity index (χ0v) is 33.8. The second-order valence-corrected chi connectivity index (χ2v) is 16.1. The van der Waals surface area contributed by atoms with Crippen molar-refractivity contribution in [2.24, 2.45) is 17.8 Å². The Morgan fingerprint density at radius 3 is 1.85 bits per heavy atom. The van der Waals surface area contributed by atoms with Crippen LogP contribution >= 0.6 is 0 Å². The summed E-state index contributed by atoms with van der Waals surface area (Å²) < 4.78 is 25.3. The fourth-order valence-corrected chi connectivity index (χ4v) is 8.15. The minimum absolute atomic E-state index is 0.128. The topological polar surface area (TPSA) is 88.1 Å². The molecule has 1 saturated heterocycles. The van der Waals surface area contributed by atoms with Crippen LogP contribution in [0.2, 0.25) is 0 Å². The van der Waals surface area contributed by atoms with E-state index in [1.54, 1.807) is 0 Å².